The van der Waals surface area contributed by atoms with Gasteiger partial charge < -0.3 is 9.64 Å². The maximum absolute atomic E-state index is 13.7. The summed E-state index contributed by atoms with van der Waals surface area (Å²) >= 11 is 1.57. The first kappa shape index (κ1) is 20.8. The van der Waals surface area contributed by atoms with E-state index in [-0.39, 0.29) is 17.7 Å². The van der Waals surface area contributed by atoms with Crippen molar-refractivity contribution in [1.82, 2.24) is 19.1 Å². The number of fused-ring (bicyclic) bond motifs is 3. The Labute approximate surface area is 189 Å². The van der Waals surface area contributed by atoms with Gasteiger partial charge in [-0.1, -0.05) is 12.1 Å². The van der Waals surface area contributed by atoms with Crippen LogP contribution in [0.1, 0.15) is 39.7 Å². The summed E-state index contributed by atoms with van der Waals surface area (Å²) in [6.07, 6.45) is 2.91. The summed E-state index contributed by atoms with van der Waals surface area (Å²) in [4.78, 5) is 28.0. The van der Waals surface area contributed by atoms with Gasteiger partial charge in [-0.15, -0.1) is 0 Å². The normalized spacial score (nSPS) is 15.5. The highest BCUT2D eigenvalue weighted by Crippen LogP contribution is 2.29. The lowest BCUT2D eigenvalue weighted by atomic mass is 10.0. The van der Waals surface area contributed by atoms with Crippen LogP contribution in [0.2, 0.25) is 0 Å². The number of carbonyl (C=O) groups is 1. The Balaban J connectivity index is 1.57. The Morgan fingerprint density at radius 2 is 1.91 bits per heavy atom. The lowest BCUT2D eigenvalue weighted by Crippen LogP contribution is -2.43. The highest BCUT2D eigenvalue weighted by molar-refractivity contribution is 7.08. The molecule has 0 aliphatic carbocycles. The first-order valence-electron chi connectivity index (χ1n) is 10.8. The number of carbonyl (C=O) groups excluding carboxylic acids is 1. The Morgan fingerprint density at radius 3 is 2.59 bits per heavy atom. The van der Waals surface area contributed by atoms with Crippen LogP contribution < -0.4 is 5.56 Å². The van der Waals surface area contributed by atoms with Crippen LogP contribution in [-0.4, -0.2) is 43.9 Å². The summed E-state index contributed by atoms with van der Waals surface area (Å²) in [5.74, 6) is 0. The van der Waals surface area contributed by atoms with Crippen LogP contribution in [0, 0.1) is 0 Å². The number of aromatic nitrogens is 3. The van der Waals surface area contributed by atoms with E-state index in [2.05, 4.69) is 0 Å². The lowest BCUT2D eigenvalue weighted by molar-refractivity contribution is 0.0188. The fraction of sp³-hybridized carbons (Fsp3) is 0.375. The predicted molar refractivity (Wildman–Crippen MR) is 126 cm³/mol. The van der Waals surface area contributed by atoms with Gasteiger partial charge in [-0.05, 0) is 68.1 Å². The van der Waals surface area contributed by atoms with Crippen molar-refractivity contribution < 1.29 is 9.53 Å². The first-order chi connectivity index (χ1) is 15.3. The molecule has 1 aliphatic heterocycles. The van der Waals surface area contributed by atoms with Gasteiger partial charge in [-0.2, -0.15) is 16.4 Å². The van der Waals surface area contributed by atoms with E-state index in [4.69, 9.17) is 9.84 Å². The van der Waals surface area contributed by atoms with Crippen molar-refractivity contribution in [2.24, 2.45) is 0 Å². The van der Waals surface area contributed by atoms with Crippen molar-refractivity contribution in [2.45, 2.75) is 45.3 Å². The summed E-state index contributed by atoms with van der Waals surface area (Å²) in [7, 11) is 0. The molecule has 1 saturated heterocycles. The molecule has 0 atom stereocenters. The van der Waals surface area contributed by atoms with Crippen molar-refractivity contribution in [1.29, 1.82) is 0 Å². The maximum Gasteiger partial charge on any atom is 0.410 e. The van der Waals surface area contributed by atoms with E-state index in [0.29, 0.717) is 31.5 Å². The number of nitrogens with zero attached hydrogens (tertiary/aromatic N) is 4. The molecule has 1 aliphatic rings. The van der Waals surface area contributed by atoms with Crippen LogP contribution in [0.25, 0.3) is 27.7 Å². The molecule has 0 N–H and O–H groups in total. The van der Waals surface area contributed by atoms with E-state index in [1.807, 2.05) is 77.1 Å². The topological polar surface area (TPSA) is 68.8 Å². The van der Waals surface area contributed by atoms with E-state index in [0.717, 1.165) is 22.1 Å². The van der Waals surface area contributed by atoms with E-state index in [9.17, 15) is 9.59 Å². The number of rotatable bonds is 2. The molecule has 4 aromatic rings. The van der Waals surface area contributed by atoms with Crippen LogP contribution in [0.4, 0.5) is 4.79 Å². The smallest absolute Gasteiger partial charge is 0.410 e. The summed E-state index contributed by atoms with van der Waals surface area (Å²) in [5.41, 5.74) is 2.66. The zero-order chi connectivity index (χ0) is 22.5. The van der Waals surface area contributed by atoms with Crippen LogP contribution in [0.5, 0.6) is 0 Å². The number of likely N-dealkylation sites (tertiary alicyclic amines) is 1. The monoisotopic (exact) mass is 450 g/mol. The van der Waals surface area contributed by atoms with Crippen LogP contribution in [0.15, 0.2) is 52.1 Å². The molecule has 0 bridgehead atoms. The molecule has 7 nitrogen and oxygen atoms in total. The number of piperidine rings is 1. The van der Waals surface area contributed by atoms with Crippen molar-refractivity contribution in [3.8, 4) is 11.1 Å². The molecule has 0 unspecified atom stereocenters. The average Bonchev–Trinajstić information content (AvgIpc) is 3.40. The predicted octanol–water partition coefficient (Wildman–Crippen LogP) is 4.95. The zero-order valence-corrected chi connectivity index (χ0v) is 19.3. The Morgan fingerprint density at radius 1 is 1.16 bits per heavy atom. The van der Waals surface area contributed by atoms with Crippen molar-refractivity contribution in [2.75, 3.05) is 13.1 Å². The van der Waals surface area contributed by atoms with Crippen LogP contribution >= 0.6 is 11.3 Å². The van der Waals surface area contributed by atoms with Gasteiger partial charge in [0.15, 0.2) is 0 Å². The molecular formula is C24H26N4O3S. The number of amides is 1. The largest absolute Gasteiger partial charge is 0.444 e. The Bertz CT molecular complexity index is 1340. The lowest BCUT2D eigenvalue weighted by Gasteiger charge is -2.34. The number of thiophene rings is 1. The minimum absolute atomic E-state index is 0.0164. The van der Waals surface area contributed by atoms with Gasteiger partial charge >= 0.3 is 6.09 Å². The second-order valence-corrected chi connectivity index (χ2v) is 9.99. The number of benzene rings is 1. The molecular weight excluding hydrogens is 424 g/mol. The van der Waals surface area contributed by atoms with E-state index < -0.39 is 5.60 Å². The fourth-order valence-electron chi connectivity index (χ4n) is 4.36. The zero-order valence-electron chi connectivity index (χ0n) is 18.4. The molecule has 3 aromatic heterocycles. The molecule has 1 aromatic carbocycles. The molecule has 4 heterocycles. The Kier molecular flexibility index (Phi) is 5.04. The summed E-state index contributed by atoms with van der Waals surface area (Å²) < 4.78 is 9.26. The van der Waals surface area contributed by atoms with E-state index >= 15 is 0 Å². The average molecular weight is 451 g/mol. The Hall–Kier alpha value is -3.13. The maximum atomic E-state index is 13.7. The second-order valence-electron chi connectivity index (χ2n) is 9.21. The third-order valence-corrected chi connectivity index (χ3v) is 6.50. The SMILES string of the molecule is CC(C)(C)OC(=O)N1CCC(n2c(=O)c(-c3ccsc3)cn3nc4ccccc4c23)CC1. The fourth-order valence-corrected chi connectivity index (χ4v) is 5.01. The highest BCUT2D eigenvalue weighted by Gasteiger charge is 2.30. The number of ether oxygens (including phenoxy) is 1. The van der Waals surface area contributed by atoms with Gasteiger partial charge in [0, 0.05) is 30.7 Å². The third kappa shape index (κ3) is 3.68. The molecule has 32 heavy (non-hydrogen) atoms. The molecule has 8 heteroatoms. The van der Waals surface area contributed by atoms with Crippen LogP contribution in [0.3, 0.4) is 0 Å². The van der Waals surface area contributed by atoms with E-state index in [1.165, 1.54) is 0 Å². The molecule has 1 amide bonds. The molecule has 0 radical (unpaired) electrons. The molecule has 166 valence electrons. The quantitative estimate of drug-likeness (QED) is 0.433. The summed E-state index contributed by atoms with van der Waals surface area (Å²) in [6, 6.07) is 9.83. The van der Waals surface area contributed by atoms with Gasteiger partial charge in [0.2, 0.25) is 0 Å². The standard InChI is InChI=1S/C24H26N4O3S/c1-24(2,3)31-23(30)26-11-8-17(9-12-26)28-21-18-6-4-5-7-20(18)25-27(21)14-19(22(28)29)16-10-13-32-15-16/h4-7,10,13-15,17H,8-9,11-12H2,1-3H3. The van der Waals surface area contributed by atoms with Gasteiger partial charge in [-0.25, -0.2) is 9.31 Å². The minimum atomic E-state index is -0.525. The third-order valence-electron chi connectivity index (χ3n) is 5.82. The number of hydrogen-bond donors (Lipinski definition) is 0. The molecule has 0 spiro atoms. The second kappa shape index (κ2) is 7.78. The summed E-state index contributed by atoms with van der Waals surface area (Å²) in [6.45, 7) is 6.71. The van der Waals surface area contributed by atoms with Crippen molar-refractivity contribution >= 4 is 34.0 Å². The van der Waals surface area contributed by atoms with Crippen molar-refractivity contribution in [3.05, 3.63) is 57.6 Å². The van der Waals surface area contributed by atoms with Crippen LogP contribution in [-0.2, 0) is 4.74 Å². The van der Waals surface area contributed by atoms with Crippen molar-refractivity contribution in [3.63, 3.8) is 0 Å². The first-order valence-corrected chi connectivity index (χ1v) is 11.8. The molecule has 5 rings (SSSR count). The van der Waals surface area contributed by atoms with Gasteiger partial charge in [0.05, 0.1) is 11.1 Å². The molecule has 1 fully saturated rings. The van der Waals surface area contributed by atoms with Gasteiger partial charge in [-0.3, -0.25) is 9.36 Å². The van der Waals surface area contributed by atoms with Gasteiger partial charge in [0.1, 0.15) is 11.2 Å². The number of hydrogen-bond acceptors (Lipinski definition) is 5. The summed E-state index contributed by atoms with van der Waals surface area (Å²) in [5, 5.41) is 9.66. The highest BCUT2D eigenvalue weighted by atomic mass is 32.1. The molecule has 0 saturated carbocycles. The van der Waals surface area contributed by atoms with E-state index in [1.54, 1.807) is 16.2 Å². The minimum Gasteiger partial charge on any atom is -0.444 e. The van der Waals surface area contributed by atoms with Gasteiger partial charge in [0.25, 0.3) is 5.56 Å².